The van der Waals surface area contributed by atoms with Crippen molar-refractivity contribution in [1.82, 2.24) is 9.88 Å². The van der Waals surface area contributed by atoms with Gasteiger partial charge in [0.15, 0.2) is 0 Å². The molecule has 0 bridgehead atoms. The van der Waals surface area contributed by atoms with Crippen LogP contribution in [0.5, 0.6) is 0 Å². The van der Waals surface area contributed by atoms with E-state index in [2.05, 4.69) is 32.7 Å². The second-order valence-corrected chi connectivity index (χ2v) is 7.19. The molecule has 0 radical (unpaired) electrons. The number of aromatic nitrogens is 1. The fourth-order valence-corrected chi connectivity index (χ4v) is 3.75. The van der Waals surface area contributed by atoms with Crippen LogP contribution in [0.1, 0.15) is 50.9 Å². The summed E-state index contributed by atoms with van der Waals surface area (Å²) in [5.74, 6) is -0.0174. The van der Waals surface area contributed by atoms with Crippen molar-refractivity contribution in [2.24, 2.45) is 5.73 Å². The molecule has 0 saturated carbocycles. The summed E-state index contributed by atoms with van der Waals surface area (Å²) in [5.41, 5.74) is 6.15. The van der Waals surface area contributed by atoms with Crippen LogP contribution in [0.15, 0.2) is 18.3 Å². The molecule has 0 aromatic carbocycles. The summed E-state index contributed by atoms with van der Waals surface area (Å²) < 4.78 is 0. The van der Waals surface area contributed by atoms with Crippen LogP contribution in [0.4, 0.5) is 0 Å². The van der Waals surface area contributed by atoms with Gasteiger partial charge >= 0.3 is 0 Å². The summed E-state index contributed by atoms with van der Waals surface area (Å²) in [4.78, 5) is 18.8. The third-order valence-electron chi connectivity index (χ3n) is 3.91. The number of piperidine rings is 1. The largest absolute Gasteiger partial charge is 0.328 e. The van der Waals surface area contributed by atoms with Gasteiger partial charge in [0.25, 0.3) is 5.91 Å². The van der Waals surface area contributed by atoms with Crippen molar-refractivity contribution in [2.75, 3.05) is 0 Å². The summed E-state index contributed by atoms with van der Waals surface area (Å²) in [6, 6.07) is 3.43. The SMILES string of the molecule is CC1(C)CC(N)CC(C)(C)N1C(=O)c1ccnc(Cl)c1. The molecule has 1 aromatic heterocycles. The lowest BCUT2D eigenvalue weighted by Gasteiger charge is -2.54. The maximum absolute atomic E-state index is 12.9. The molecular weight excluding hydrogens is 274 g/mol. The van der Waals surface area contributed by atoms with E-state index in [1.165, 1.54) is 0 Å². The van der Waals surface area contributed by atoms with Crippen molar-refractivity contribution < 1.29 is 4.79 Å². The Bertz CT molecular complexity index is 510. The second kappa shape index (κ2) is 5.01. The molecule has 1 aliphatic heterocycles. The molecule has 0 aliphatic carbocycles. The van der Waals surface area contributed by atoms with Crippen LogP contribution in [-0.2, 0) is 0 Å². The van der Waals surface area contributed by atoms with Gasteiger partial charge in [0.05, 0.1) is 0 Å². The number of carbonyl (C=O) groups excluding carboxylic acids is 1. The van der Waals surface area contributed by atoms with Gasteiger partial charge in [0.2, 0.25) is 0 Å². The standard InChI is InChI=1S/C15H22ClN3O/c1-14(2)8-11(17)9-15(3,4)19(14)13(20)10-5-6-18-12(16)7-10/h5-7,11H,8-9,17H2,1-4H3. The third kappa shape index (κ3) is 2.81. The summed E-state index contributed by atoms with van der Waals surface area (Å²) in [7, 11) is 0. The van der Waals surface area contributed by atoms with Gasteiger partial charge < -0.3 is 10.6 Å². The van der Waals surface area contributed by atoms with Crippen LogP contribution < -0.4 is 5.73 Å². The van der Waals surface area contributed by atoms with Gasteiger partial charge in [-0.1, -0.05) is 11.6 Å². The minimum Gasteiger partial charge on any atom is -0.328 e. The van der Waals surface area contributed by atoms with E-state index in [-0.39, 0.29) is 23.0 Å². The minimum atomic E-state index is -0.284. The lowest BCUT2D eigenvalue weighted by atomic mass is 9.77. The van der Waals surface area contributed by atoms with Crippen LogP contribution in [0.2, 0.25) is 5.15 Å². The Morgan fingerprint density at radius 1 is 1.35 bits per heavy atom. The smallest absolute Gasteiger partial charge is 0.254 e. The van der Waals surface area contributed by atoms with E-state index in [0.29, 0.717) is 10.7 Å². The molecule has 2 N–H and O–H groups in total. The van der Waals surface area contributed by atoms with E-state index in [1.54, 1.807) is 18.3 Å². The highest BCUT2D eigenvalue weighted by molar-refractivity contribution is 6.29. The molecule has 1 aromatic rings. The van der Waals surface area contributed by atoms with Crippen molar-refractivity contribution in [2.45, 2.75) is 57.7 Å². The molecule has 0 spiro atoms. The Morgan fingerprint density at radius 3 is 2.40 bits per heavy atom. The maximum Gasteiger partial charge on any atom is 0.254 e. The highest BCUT2D eigenvalue weighted by Gasteiger charge is 2.47. The molecular formula is C15H22ClN3O. The first kappa shape index (κ1) is 15.3. The van der Waals surface area contributed by atoms with Crippen molar-refractivity contribution in [3.05, 3.63) is 29.0 Å². The quantitative estimate of drug-likeness (QED) is 0.811. The molecule has 0 unspecified atom stereocenters. The summed E-state index contributed by atoms with van der Waals surface area (Å²) in [6.45, 7) is 8.26. The highest BCUT2D eigenvalue weighted by atomic mass is 35.5. The van der Waals surface area contributed by atoms with Gasteiger partial charge in [-0.15, -0.1) is 0 Å². The molecule has 0 atom stereocenters. The second-order valence-electron chi connectivity index (χ2n) is 6.80. The number of amides is 1. The van der Waals surface area contributed by atoms with Gasteiger partial charge in [0, 0.05) is 28.9 Å². The van der Waals surface area contributed by atoms with Crippen molar-refractivity contribution in [3.8, 4) is 0 Å². The molecule has 4 nitrogen and oxygen atoms in total. The third-order valence-corrected chi connectivity index (χ3v) is 4.12. The predicted molar refractivity (Wildman–Crippen MR) is 80.8 cm³/mol. The van der Waals surface area contributed by atoms with Gasteiger partial charge in [-0.05, 0) is 52.7 Å². The Kier molecular flexibility index (Phi) is 3.82. The van der Waals surface area contributed by atoms with Crippen LogP contribution in [0, 0.1) is 0 Å². The lowest BCUT2D eigenvalue weighted by Crippen LogP contribution is -2.65. The first-order chi connectivity index (χ1) is 9.13. The number of hydrogen-bond donors (Lipinski definition) is 1. The zero-order chi connectivity index (χ0) is 15.1. The van der Waals surface area contributed by atoms with Crippen molar-refractivity contribution >= 4 is 17.5 Å². The monoisotopic (exact) mass is 295 g/mol. The van der Waals surface area contributed by atoms with Gasteiger partial charge in [0.1, 0.15) is 5.15 Å². The molecule has 20 heavy (non-hydrogen) atoms. The number of pyridine rings is 1. The number of likely N-dealkylation sites (tertiary alicyclic amines) is 1. The number of nitrogens with two attached hydrogens (primary N) is 1. The zero-order valence-electron chi connectivity index (χ0n) is 12.5. The van der Waals surface area contributed by atoms with Gasteiger partial charge in [-0.2, -0.15) is 0 Å². The molecule has 110 valence electrons. The lowest BCUT2D eigenvalue weighted by molar-refractivity contribution is -0.0172. The van der Waals surface area contributed by atoms with E-state index in [4.69, 9.17) is 17.3 Å². The molecule has 1 saturated heterocycles. The van der Waals surface area contributed by atoms with Crippen molar-refractivity contribution in [1.29, 1.82) is 0 Å². The summed E-state index contributed by atoms with van der Waals surface area (Å²) >= 11 is 5.89. The molecule has 2 rings (SSSR count). The van der Waals surface area contributed by atoms with Crippen molar-refractivity contribution in [3.63, 3.8) is 0 Å². The van der Waals surface area contributed by atoms with Gasteiger partial charge in [-0.25, -0.2) is 4.98 Å². The van der Waals surface area contributed by atoms with Crippen LogP contribution in [-0.4, -0.2) is 32.9 Å². The molecule has 2 heterocycles. The van der Waals surface area contributed by atoms with Crippen LogP contribution >= 0.6 is 11.6 Å². The van der Waals surface area contributed by atoms with E-state index >= 15 is 0 Å². The normalized spacial score (nSPS) is 21.8. The number of rotatable bonds is 1. The Balaban J connectivity index is 2.40. The van der Waals surface area contributed by atoms with Gasteiger partial charge in [-0.3, -0.25) is 4.79 Å². The summed E-state index contributed by atoms with van der Waals surface area (Å²) in [5, 5.41) is 0.333. The average Bonchev–Trinajstić information content (AvgIpc) is 2.24. The van der Waals surface area contributed by atoms with Crippen LogP contribution in [0.25, 0.3) is 0 Å². The Morgan fingerprint density at radius 2 is 1.90 bits per heavy atom. The number of hydrogen-bond acceptors (Lipinski definition) is 3. The fourth-order valence-electron chi connectivity index (χ4n) is 3.57. The molecule has 1 fully saturated rings. The van der Waals surface area contributed by atoms with E-state index in [9.17, 15) is 4.79 Å². The topological polar surface area (TPSA) is 59.2 Å². The maximum atomic E-state index is 12.9. The fraction of sp³-hybridized carbons (Fsp3) is 0.600. The predicted octanol–water partition coefficient (Wildman–Crippen LogP) is 2.86. The van der Waals surface area contributed by atoms with E-state index in [1.807, 2.05) is 4.90 Å². The van der Waals surface area contributed by atoms with E-state index in [0.717, 1.165) is 12.8 Å². The summed E-state index contributed by atoms with van der Waals surface area (Å²) in [6.07, 6.45) is 3.15. The minimum absolute atomic E-state index is 0.0174. The number of carbonyl (C=O) groups is 1. The first-order valence-electron chi connectivity index (χ1n) is 6.85. The molecule has 1 aliphatic rings. The highest BCUT2D eigenvalue weighted by Crippen LogP contribution is 2.38. The molecule has 1 amide bonds. The van der Waals surface area contributed by atoms with Crippen LogP contribution in [0.3, 0.4) is 0 Å². The average molecular weight is 296 g/mol. The number of halogens is 1. The zero-order valence-corrected chi connectivity index (χ0v) is 13.2. The Hall–Kier alpha value is -1.13. The molecule has 5 heteroatoms. The van der Waals surface area contributed by atoms with E-state index < -0.39 is 0 Å². The number of nitrogens with zero attached hydrogens (tertiary/aromatic N) is 2. The Labute approximate surface area is 125 Å². The first-order valence-corrected chi connectivity index (χ1v) is 7.23.